The van der Waals surface area contributed by atoms with E-state index in [2.05, 4.69) is 20.5 Å². The maximum absolute atomic E-state index is 12.2. The number of aromatic nitrogens is 3. The smallest absolute Gasteiger partial charge is 0.257 e. The van der Waals surface area contributed by atoms with E-state index in [1.54, 1.807) is 18.5 Å². The normalized spacial score (nSPS) is 11.6. The minimum atomic E-state index is -0.452. The fourth-order valence-electron chi connectivity index (χ4n) is 2.24. The third kappa shape index (κ3) is 4.08. The number of aromatic amines is 1. The van der Waals surface area contributed by atoms with Crippen molar-refractivity contribution in [2.24, 2.45) is 0 Å². The van der Waals surface area contributed by atoms with Crippen molar-refractivity contribution in [3.05, 3.63) is 82.5 Å². The first-order valence-corrected chi connectivity index (χ1v) is 7.65. The molecule has 1 atom stereocenters. The summed E-state index contributed by atoms with van der Waals surface area (Å²) < 4.78 is 5.68. The van der Waals surface area contributed by atoms with Crippen LogP contribution in [0.15, 0.2) is 66.0 Å². The lowest BCUT2D eigenvalue weighted by Gasteiger charge is -2.14. The Hall–Kier alpha value is -3.48. The first-order chi connectivity index (χ1) is 12.1. The van der Waals surface area contributed by atoms with Crippen LogP contribution in [0.1, 0.15) is 28.9 Å². The molecule has 7 heteroatoms. The van der Waals surface area contributed by atoms with Crippen LogP contribution < -0.4 is 15.5 Å². The van der Waals surface area contributed by atoms with Crippen LogP contribution in [0, 0.1) is 0 Å². The Morgan fingerprint density at radius 3 is 2.64 bits per heavy atom. The molecule has 0 fully saturated rings. The van der Waals surface area contributed by atoms with Crippen LogP contribution in [0.2, 0.25) is 0 Å². The van der Waals surface area contributed by atoms with Crippen molar-refractivity contribution >= 4 is 5.91 Å². The predicted octanol–water partition coefficient (Wildman–Crippen LogP) is 2.45. The minimum Gasteiger partial charge on any atom is -0.456 e. The molecular formula is C18H16N4O3. The van der Waals surface area contributed by atoms with E-state index in [1.807, 2.05) is 37.3 Å². The van der Waals surface area contributed by atoms with Crippen molar-refractivity contribution in [2.45, 2.75) is 13.0 Å². The number of nitrogens with one attached hydrogen (secondary N) is 2. The molecule has 0 spiro atoms. The van der Waals surface area contributed by atoms with Gasteiger partial charge < -0.3 is 10.1 Å². The van der Waals surface area contributed by atoms with E-state index in [9.17, 15) is 9.59 Å². The second kappa shape index (κ2) is 7.39. The summed E-state index contributed by atoms with van der Waals surface area (Å²) in [7, 11) is 0. The second-order valence-electron chi connectivity index (χ2n) is 5.36. The Labute approximate surface area is 143 Å². The molecule has 0 aliphatic rings. The standard InChI is InChI=1S/C18H16N4O3/c1-12(22-18(24)16-10-20-21-11-17(16)23)13-4-6-14(7-5-13)25-15-3-2-8-19-9-15/h2-12H,1H3,(H,20,23)(H,22,24). The topological polar surface area (TPSA) is 97.0 Å². The van der Waals surface area contributed by atoms with Crippen molar-refractivity contribution in [1.29, 1.82) is 0 Å². The number of nitrogens with zero attached hydrogens (tertiary/aromatic N) is 2. The summed E-state index contributed by atoms with van der Waals surface area (Å²) in [5.74, 6) is 0.862. The average Bonchev–Trinajstić information content (AvgIpc) is 2.63. The highest BCUT2D eigenvalue weighted by molar-refractivity contribution is 5.93. The van der Waals surface area contributed by atoms with Crippen LogP contribution >= 0.6 is 0 Å². The molecule has 0 aliphatic heterocycles. The Balaban J connectivity index is 1.66. The largest absolute Gasteiger partial charge is 0.456 e. The van der Waals surface area contributed by atoms with Crippen LogP contribution in [0.3, 0.4) is 0 Å². The Morgan fingerprint density at radius 1 is 1.16 bits per heavy atom. The number of hydrogen-bond acceptors (Lipinski definition) is 5. The molecule has 7 nitrogen and oxygen atoms in total. The van der Waals surface area contributed by atoms with Gasteiger partial charge in [0, 0.05) is 12.4 Å². The zero-order valence-corrected chi connectivity index (χ0v) is 13.5. The minimum absolute atomic E-state index is 0.0263. The molecule has 0 aliphatic carbocycles. The first kappa shape index (κ1) is 16.4. The highest BCUT2D eigenvalue weighted by atomic mass is 16.5. The number of ether oxygens (including phenoxy) is 1. The number of hydrogen-bond donors (Lipinski definition) is 2. The van der Waals surface area contributed by atoms with Gasteiger partial charge in [0.15, 0.2) is 0 Å². The molecule has 1 aromatic carbocycles. The lowest BCUT2D eigenvalue weighted by atomic mass is 10.1. The summed E-state index contributed by atoms with van der Waals surface area (Å²) in [6, 6.07) is 10.7. The quantitative estimate of drug-likeness (QED) is 0.746. The molecule has 1 amide bonds. The van der Waals surface area contributed by atoms with Gasteiger partial charge in [0.1, 0.15) is 17.1 Å². The summed E-state index contributed by atoms with van der Waals surface area (Å²) in [5, 5.41) is 8.85. The second-order valence-corrected chi connectivity index (χ2v) is 5.36. The van der Waals surface area contributed by atoms with Gasteiger partial charge in [0.25, 0.3) is 5.91 Å². The molecule has 126 valence electrons. The highest BCUT2D eigenvalue weighted by Crippen LogP contribution is 2.22. The van der Waals surface area contributed by atoms with Gasteiger partial charge in [-0.1, -0.05) is 12.1 Å². The number of rotatable bonds is 5. The van der Waals surface area contributed by atoms with E-state index in [4.69, 9.17) is 4.74 Å². The van der Waals surface area contributed by atoms with Crippen molar-refractivity contribution in [1.82, 2.24) is 20.5 Å². The monoisotopic (exact) mass is 336 g/mol. The fourth-order valence-corrected chi connectivity index (χ4v) is 2.24. The van der Waals surface area contributed by atoms with E-state index in [1.165, 1.54) is 6.20 Å². The molecule has 0 radical (unpaired) electrons. The van der Waals surface area contributed by atoms with E-state index in [0.717, 1.165) is 11.8 Å². The van der Waals surface area contributed by atoms with Gasteiger partial charge in [-0.05, 0) is 36.8 Å². The molecule has 3 aromatic rings. The summed E-state index contributed by atoms with van der Waals surface area (Å²) in [5.41, 5.74) is 0.486. The Bertz CT molecular complexity index is 907. The molecule has 1 unspecified atom stereocenters. The van der Waals surface area contributed by atoms with E-state index in [0.29, 0.717) is 11.5 Å². The van der Waals surface area contributed by atoms with Gasteiger partial charge in [0.05, 0.1) is 18.4 Å². The van der Waals surface area contributed by atoms with Gasteiger partial charge in [-0.25, -0.2) is 0 Å². The number of amides is 1. The van der Waals surface area contributed by atoms with Gasteiger partial charge in [0.2, 0.25) is 5.43 Å². The number of pyridine rings is 1. The van der Waals surface area contributed by atoms with E-state index < -0.39 is 11.3 Å². The Kier molecular flexibility index (Phi) is 4.84. The van der Waals surface area contributed by atoms with E-state index >= 15 is 0 Å². The van der Waals surface area contributed by atoms with Crippen LogP contribution in [0.25, 0.3) is 0 Å². The van der Waals surface area contributed by atoms with Crippen LogP contribution in [0.4, 0.5) is 0 Å². The fraction of sp³-hybridized carbons (Fsp3) is 0.111. The SMILES string of the molecule is CC(NC(=O)c1c[nH]ncc1=O)c1ccc(Oc2cccnc2)cc1. The number of carbonyl (C=O) groups is 1. The van der Waals surface area contributed by atoms with Crippen molar-refractivity contribution < 1.29 is 9.53 Å². The maximum Gasteiger partial charge on any atom is 0.257 e. The van der Waals surface area contributed by atoms with Crippen LogP contribution in [0.5, 0.6) is 11.5 Å². The molecule has 2 aromatic heterocycles. The molecular weight excluding hydrogens is 320 g/mol. The zero-order valence-electron chi connectivity index (χ0n) is 13.5. The number of H-pyrrole nitrogens is 1. The summed E-state index contributed by atoms with van der Waals surface area (Å²) in [6.07, 6.45) is 5.66. The van der Waals surface area contributed by atoms with Crippen LogP contribution in [-0.2, 0) is 0 Å². The van der Waals surface area contributed by atoms with Crippen molar-refractivity contribution in [2.75, 3.05) is 0 Å². The molecule has 0 saturated heterocycles. The third-order valence-corrected chi connectivity index (χ3v) is 3.57. The molecule has 0 saturated carbocycles. The highest BCUT2D eigenvalue weighted by Gasteiger charge is 2.14. The molecule has 25 heavy (non-hydrogen) atoms. The zero-order chi connectivity index (χ0) is 17.6. The average molecular weight is 336 g/mol. The van der Waals surface area contributed by atoms with Crippen molar-refractivity contribution in [3.63, 3.8) is 0 Å². The van der Waals surface area contributed by atoms with Gasteiger partial charge in [-0.2, -0.15) is 5.10 Å². The lowest BCUT2D eigenvalue weighted by Crippen LogP contribution is -2.30. The van der Waals surface area contributed by atoms with Crippen molar-refractivity contribution in [3.8, 4) is 11.5 Å². The summed E-state index contributed by atoms with van der Waals surface area (Å²) >= 11 is 0. The number of benzene rings is 1. The van der Waals surface area contributed by atoms with Gasteiger partial charge in [-0.3, -0.25) is 19.7 Å². The molecule has 3 rings (SSSR count). The summed E-state index contributed by atoms with van der Waals surface area (Å²) in [6.45, 7) is 1.84. The summed E-state index contributed by atoms with van der Waals surface area (Å²) in [4.78, 5) is 27.8. The van der Waals surface area contributed by atoms with Gasteiger partial charge >= 0.3 is 0 Å². The molecule has 2 heterocycles. The van der Waals surface area contributed by atoms with Gasteiger partial charge in [-0.15, -0.1) is 0 Å². The third-order valence-electron chi connectivity index (χ3n) is 3.57. The molecule has 2 N–H and O–H groups in total. The Morgan fingerprint density at radius 2 is 1.96 bits per heavy atom. The van der Waals surface area contributed by atoms with Crippen LogP contribution in [-0.4, -0.2) is 21.1 Å². The predicted molar refractivity (Wildman–Crippen MR) is 91.5 cm³/mol. The van der Waals surface area contributed by atoms with E-state index in [-0.39, 0.29) is 11.6 Å². The maximum atomic E-state index is 12.2. The number of carbonyl (C=O) groups excluding carboxylic acids is 1. The molecule has 0 bridgehead atoms. The lowest BCUT2D eigenvalue weighted by molar-refractivity contribution is 0.0938. The first-order valence-electron chi connectivity index (χ1n) is 7.65.